The standard InChI is InChI=1S/C20H18N4O3S/c1-12-11-13(8-9-15(12)24-10-4-7-17(24)25)21-18(26)19(27)23-20-22-14-5-2-3-6-16(14)28-20/h2-3,5-6,8-9,11H,4,7,10H2,1H3,(H,21,26)(H,22,23,27). The van der Waals surface area contributed by atoms with Crippen LogP contribution in [-0.2, 0) is 14.4 Å². The normalized spacial score (nSPS) is 13.8. The van der Waals surface area contributed by atoms with Crippen molar-refractivity contribution < 1.29 is 14.4 Å². The number of fused-ring (bicyclic) bond motifs is 1. The molecule has 2 N–H and O–H groups in total. The van der Waals surface area contributed by atoms with Crippen molar-refractivity contribution >= 4 is 55.8 Å². The number of hydrogen-bond acceptors (Lipinski definition) is 5. The van der Waals surface area contributed by atoms with E-state index < -0.39 is 11.8 Å². The number of para-hydroxylation sites is 1. The lowest BCUT2D eigenvalue weighted by molar-refractivity contribution is -0.132. The smallest absolute Gasteiger partial charge is 0.315 e. The Balaban J connectivity index is 1.43. The van der Waals surface area contributed by atoms with Crippen molar-refractivity contribution in [3.05, 3.63) is 48.0 Å². The average Bonchev–Trinajstić information content (AvgIpc) is 3.27. The van der Waals surface area contributed by atoms with Crippen molar-refractivity contribution in [2.75, 3.05) is 22.1 Å². The summed E-state index contributed by atoms with van der Waals surface area (Å²) in [6, 6.07) is 12.7. The van der Waals surface area contributed by atoms with Gasteiger partial charge in [-0.1, -0.05) is 23.5 Å². The Kier molecular flexibility index (Phi) is 4.79. The van der Waals surface area contributed by atoms with Crippen LogP contribution >= 0.6 is 11.3 Å². The Morgan fingerprint density at radius 3 is 2.61 bits per heavy atom. The van der Waals surface area contributed by atoms with Crippen LogP contribution in [0.15, 0.2) is 42.5 Å². The monoisotopic (exact) mass is 394 g/mol. The molecule has 8 heteroatoms. The zero-order valence-corrected chi connectivity index (χ0v) is 16.0. The molecule has 1 fully saturated rings. The molecule has 1 aliphatic heterocycles. The number of carbonyl (C=O) groups is 3. The molecule has 1 aromatic heterocycles. The van der Waals surface area contributed by atoms with Gasteiger partial charge >= 0.3 is 11.8 Å². The van der Waals surface area contributed by atoms with E-state index in [0.29, 0.717) is 23.8 Å². The quantitative estimate of drug-likeness (QED) is 0.667. The summed E-state index contributed by atoms with van der Waals surface area (Å²) in [6.07, 6.45) is 1.41. The van der Waals surface area contributed by atoms with Crippen LogP contribution in [0.2, 0.25) is 0 Å². The largest absolute Gasteiger partial charge is 0.318 e. The number of hydrogen-bond donors (Lipinski definition) is 2. The molecule has 0 bridgehead atoms. The molecule has 2 aromatic carbocycles. The molecule has 0 saturated carbocycles. The molecule has 0 unspecified atom stereocenters. The number of thiazole rings is 1. The summed E-state index contributed by atoms with van der Waals surface area (Å²) in [7, 11) is 0. The van der Waals surface area contributed by atoms with E-state index in [2.05, 4.69) is 15.6 Å². The van der Waals surface area contributed by atoms with Crippen molar-refractivity contribution in [1.29, 1.82) is 0 Å². The van der Waals surface area contributed by atoms with Crippen LogP contribution < -0.4 is 15.5 Å². The van der Waals surface area contributed by atoms with Gasteiger partial charge in [0, 0.05) is 24.3 Å². The fourth-order valence-electron chi connectivity index (χ4n) is 3.21. The first-order chi connectivity index (χ1) is 13.5. The number of anilines is 3. The highest BCUT2D eigenvalue weighted by molar-refractivity contribution is 7.22. The molecule has 4 rings (SSSR count). The van der Waals surface area contributed by atoms with E-state index in [9.17, 15) is 14.4 Å². The number of aryl methyl sites for hydroxylation is 1. The lowest BCUT2D eigenvalue weighted by Crippen LogP contribution is -2.29. The first kappa shape index (κ1) is 18.1. The summed E-state index contributed by atoms with van der Waals surface area (Å²) in [6.45, 7) is 2.58. The minimum absolute atomic E-state index is 0.107. The van der Waals surface area contributed by atoms with E-state index in [1.54, 1.807) is 23.1 Å². The van der Waals surface area contributed by atoms with Crippen molar-refractivity contribution in [2.45, 2.75) is 19.8 Å². The molecular formula is C20H18N4O3S. The summed E-state index contributed by atoms with van der Waals surface area (Å²) in [4.78, 5) is 42.4. The van der Waals surface area contributed by atoms with Gasteiger partial charge < -0.3 is 10.2 Å². The summed E-state index contributed by atoms with van der Waals surface area (Å²) in [5.74, 6) is -1.45. The molecule has 1 aliphatic rings. The van der Waals surface area contributed by atoms with Gasteiger partial charge in [0.1, 0.15) is 0 Å². The highest BCUT2D eigenvalue weighted by Crippen LogP contribution is 2.28. The molecule has 1 saturated heterocycles. The molecular weight excluding hydrogens is 376 g/mol. The molecule has 142 valence electrons. The van der Waals surface area contributed by atoms with Gasteiger partial charge in [0.15, 0.2) is 5.13 Å². The lowest BCUT2D eigenvalue weighted by atomic mass is 10.1. The van der Waals surface area contributed by atoms with Crippen molar-refractivity contribution in [3.8, 4) is 0 Å². The van der Waals surface area contributed by atoms with Gasteiger partial charge in [0.25, 0.3) is 0 Å². The third kappa shape index (κ3) is 3.59. The van der Waals surface area contributed by atoms with Crippen LogP contribution in [0.1, 0.15) is 18.4 Å². The maximum atomic E-state index is 12.2. The molecule has 0 aliphatic carbocycles. The van der Waals surface area contributed by atoms with E-state index in [0.717, 1.165) is 27.9 Å². The molecule has 3 amide bonds. The first-order valence-electron chi connectivity index (χ1n) is 8.90. The van der Waals surface area contributed by atoms with E-state index >= 15 is 0 Å². The van der Waals surface area contributed by atoms with Crippen LogP contribution in [0.4, 0.5) is 16.5 Å². The van der Waals surface area contributed by atoms with Crippen LogP contribution in [0, 0.1) is 6.92 Å². The predicted octanol–water partition coefficient (Wildman–Crippen LogP) is 3.31. The molecule has 7 nitrogen and oxygen atoms in total. The number of rotatable bonds is 3. The molecule has 0 radical (unpaired) electrons. The Morgan fingerprint density at radius 2 is 1.89 bits per heavy atom. The maximum absolute atomic E-state index is 12.2. The number of amides is 3. The first-order valence-corrected chi connectivity index (χ1v) is 9.72. The van der Waals surface area contributed by atoms with E-state index in [-0.39, 0.29) is 5.91 Å². The lowest BCUT2D eigenvalue weighted by Gasteiger charge is -2.19. The number of nitrogens with one attached hydrogen (secondary N) is 2. The zero-order valence-electron chi connectivity index (χ0n) is 15.2. The second kappa shape index (κ2) is 7.40. The highest BCUT2D eigenvalue weighted by atomic mass is 32.1. The molecule has 0 atom stereocenters. The summed E-state index contributed by atoms with van der Waals surface area (Å²) >= 11 is 1.31. The molecule has 3 aromatic rings. The maximum Gasteiger partial charge on any atom is 0.315 e. The molecule has 0 spiro atoms. The van der Waals surface area contributed by atoms with E-state index in [1.807, 2.05) is 31.2 Å². The number of nitrogens with zero attached hydrogens (tertiary/aromatic N) is 2. The Morgan fingerprint density at radius 1 is 1.11 bits per heavy atom. The Hall–Kier alpha value is -3.26. The summed E-state index contributed by atoms with van der Waals surface area (Å²) < 4.78 is 0.931. The van der Waals surface area contributed by atoms with Gasteiger partial charge in [-0.3, -0.25) is 19.7 Å². The van der Waals surface area contributed by atoms with Crippen LogP contribution in [-0.4, -0.2) is 29.3 Å². The minimum atomic E-state index is -0.782. The van der Waals surface area contributed by atoms with Gasteiger partial charge in [0.05, 0.1) is 10.2 Å². The third-order valence-corrected chi connectivity index (χ3v) is 5.49. The minimum Gasteiger partial charge on any atom is -0.318 e. The van der Waals surface area contributed by atoms with Gasteiger partial charge in [0.2, 0.25) is 5.91 Å². The van der Waals surface area contributed by atoms with Gasteiger partial charge in [-0.2, -0.15) is 0 Å². The topological polar surface area (TPSA) is 91.4 Å². The van der Waals surface area contributed by atoms with Crippen molar-refractivity contribution in [3.63, 3.8) is 0 Å². The van der Waals surface area contributed by atoms with Crippen LogP contribution in [0.25, 0.3) is 10.2 Å². The van der Waals surface area contributed by atoms with Gasteiger partial charge in [-0.25, -0.2) is 4.98 Å². The SMILES string of the molecule is Cc1cc(NC(=O)C(=O)Nc2nc3ccccc3s2)ccc1N1CCCC1=O. The Bertz CT molecular complexity index is 1060. The second-order valence-corrected chi connectivity index (χ2v) is 7.58. The number of benzene rings is 2. The highest BCUT2D eigenvalue weighted by Gasteiger charge is 2.23. The van der Waals surface area contributed by atoms with Gasteiger partial charge in [-0.05, 0) is 49.2 Å². The fraction of sp³-hybridized carbons (Fsp3) is 0.200. The molecule has 2 heterocycles. The number of carbonyl (C=O) groups excluding carboxylic acids is 3. The number of aromatic nitrogens is 1. The third-order valence-electron chi connectivity index (χ3n) is 4.54. The Labute approximate surface area is 165 Å². The fourth-order valence-corrected chi connectivity index (χ4v) is 4.07. The average molecular weight is 394 g/mol. The zero-order chi connectivity index (χ0) is 19.7. The van der Waals surface area contributed by atoms with Crippen molar-refractivity contribution in [1.82, 2.24) is 4.98 Å². The summed E-state index contributed by atoms with van der Waals surface area (Å²) in [5, 5.41) is 5.49. The van der Waals surface area contributed by atoms with E-state index in [1.165, 1.54) is 11.3 Å². The van der Waals surface area contributed by atoms with Gasteiger partial charge in [-0.15, -0.1) is 0 Å². The molecule has 28 heavy (non-hydrogen) atoms. The van der Waals surface area contributed by atoms with Crippen LogP contribution in [0.3, 0.4) is 0 Å². The van der Waals surface area contributed by atoms with Crippen LogP contribution in [0.5, 0.6) is 0 Å². The van der Waals surface area contributed by atoms with E-state index in [4.69, 9.17) is 0 Å². The summed E-state index contributed by atoms with van der Waals surface area (Å²) in [5.41, 5.74) is 2.96. The predicted molar refractivity (Wildman–Crippen MR) is 110 cm³/mol. The van der Waals surface area contributed by atoms with Crippen molar-refractivity contribution in [2.24, 2.45) is 0 Å². The second-order valence-electron chi connectivity index (χ2n) is 6.55.